The Morgan fingerprint density at radius 1 is 1.39 bits per heavy atom. The van der Waals surface area contributed by atoms with Gasteiger partial charge in [-0.15, -0.1) is 0 Å². The summed E-state index contributed by atoms with van der Waals surface area (Å²) in [5.41, 5.74) is 5.99. The van der Waals surface area contributed by atoms with Crippen LogP contribution in [0.4, 0.5) is 4.39 Å². The van der Waals surface area contributed by atoms with E-state index in [1.165, 1.54) is 6.07 Å². The number of hydrogen-bond acceptors (Lipinski definition) is 2. The summed E-state index contributed by atoms with van der Waals surface area (Å²) in [6, 6.07) is 4.69. The van der Waals surface area contributed by atoms with Crippen molar-refractivity contribution in [2.24, 2.45) is 11.1 Å². The highest BCUT2D eigenvalue weighted by Crippen LogP contribution is 2.29. The Kier molecular flexibility index (Phi) is 5.17. The molecule has 0 bridgehead atoms. The van der Waals surface area contributed by atoms with Gasteiger partial charge >= 0.3 is 0 Å². The summed E-state index contributed by atoms with van der Waals surface area (Å²) in [5.74, 6) is 0.185. The highest BCUT2D eigenvalue weighted by molar-refractivity contribution is 9.10. The molecule has 0 aromatic heterocycles. The molecule has 0 spiro atoms. The fraction of sp³-hybridized carbons (Fsp3) is 0.571. The maximum Gasteiger partial charge on any atom is 0.141 e. The van der Waals surface area contributed by atoms with E-state index in [0.717, 1.165) is 6.42 Å². The third kappa shape index (κ3) is 3.95. The molecule has 4 heteroatoms. The van der Waals surface area contributed by atoms with Gasteiger partial charge < -0.3 is 10.5 Å². The lowest BCUT2D eigenvalue weighted by Crippen LogP contribution is -2.47. The maximum absolute atomic E-state index is 13.5. The predicted octanol–water partition coefficient (Wildman–Crippen LogP) is 4.12. The molecule has 1 aromatic rings. The van der Waals surface area contributed by atoms with Gasteiger partial charge in [-0.3, -0.25) is 0 Å². The van der Waals surface area contributed by atoms with Crippen molar-refractivity contribution in [1.29, 1.82) is 0 Å². The molecule has 2 atom stereocenters. The average molecular weight is 318 g/mol. The summed E-state index contributed by atoms with van der Waals surface area (Å²) in [5, 5.41) is 0. The van der Waals surface area contributed by atoms with Crippen LogP contribution < -0.4 is 10.5 Å². The number of ether oxygens (including phenoxy) is 1. The van der Waals surface area contributed by atoms with E-state index in [1.807, 2.05) is 6.92 Å². The zero-order valence-corrected chi connectivity index (χ0v) is 12.9. The van der Waals surface area contributed by atoms with Gasteiger partial charge in [0.25, 0.3) is 0 Å². The monoisotopic (exact) mass is 317 g/mol. The minimum absolute atomic E-state index is 0.0725. The zero-order valence-electron chi connectivity index (χ0n) is 11.3. The van der Waals surface area contributed by atoms with Gasteiger partial charge in [-0.1, -0.05) is 27.7 Å². The van der Waals surface area contributed by atoms with Crippen molar-refractivity contribution in [3.63, 3.8) is 0 Å². The number of hydrogen-bond donors (Lipinski definition) is 1. The fourth-order valence-corrected chi connectivity index (χ4v) is 2.06. The van der Waals surface area contributed by atoms with Gasteiger partial charge in [-0.05, 0) is 34.5 Å². The molecule has 1 aromatic carbocycles. The average Bonchev–Trinajstić information content (AvgIpc) is 2.28. The highest BCUT2D eigenvalue weighted by Gasteiger charge is 2.31. The molecule has 2 nitrogen and oxygen atoms in total. The topological polar surface area (TPSA) is 35.2 Å². The van der Waals surface area contributed by atoms with E-state index < -0.39 is 0 Å². The van der Waals surface area contributed by atoms with Crippen LogP contribution in [0.2, 0.25) is 0 Å². The molecule has 0 aliphatic rings. The predicted molar refractivity (Wildman–Crippen MR) is 76.2 cm³/mol. The van der Waals surface area contributed by atoms with E-state index in [0.29, 0.717) is 10.2 Å². The molecule has 2 unspecified atom stereocenters. The molecule has 0 amide bonds. The van der Waals surface area contributed by atoms with Crippen LogP contribution in [-0.4, -0.2) is 12.1 Å². The molecule has 0 fully saturated rings. The Hall–Kier alpha value is -0.610. The minimum atomic E-state index is -0.328. The number of rotatable bonds is 4. The normalized spacial score (nSPS) is 15.3. The van der Waals surface area contributed by atoms with Crippen LogP contribution in [0.25, 0.3) is 0 Å². The van der Waals surface area contributed by atoms with Gasteiger partial charge in [0, 0.05) is 17.5 Å². The third-order valence-corrected chi connectivity index (χ3v) is 3.51. The second-order valence-electron chi connectivity index (χ2n) is 5.55. The van der Waals surface area contributed by atoms with Crippen molar-refractivity contribution >= 4 is 15.9 Å². The van der Waals surface area contributed by atoms with Crippen molar-refractivity contribution in [1.82, 2.24) is 0 Å². The lowest BCUT2D eigenvalue weighted by atomic mass is 9.84. The van der Waals surface area contributed by atoms with Crippen LogP contribution in [-0.2, 0) is 0 Å². The zero-order chi connectivity index (χ0) is 13.9. The smallest absolute Gasteiger partial charge is 0.141 e. The summed E-state index contributed by atoms with van der Waals surface area (Å²) in [6.07, 6.45) is 0.670. The SMILES string of the molecule is CCC(N)C(Oc1ccc(Br)c(F)c1)C(C)(C)C. The Morgan fingerprint density at radius 3 is 2.44 bits per heavy atom. The van der Waals surface area contributed by atoms with Crippen molar-refractivity contribution < 1.29 is 9.13 Å². The van der Waals surface area contributed by atoms with Crippen LogP contribution in [0, 0.1) is 11.2 Å². The van der Waals surface area contributed by atoms with Crippen molar-refractivity contribution in [2.45, 2.75) is 46.3 Å². The first kappa shape index (κ1) is 15.4. The molecular weight excluding hydrogens is 297 g/mol. The number of benzene rings is 1. The molecule has 0 aliphatic carbocycles. The minimum Gasteiger partial charge on any atom is -0.488 e. The molecular formula is C14H21BrFNO. The van der Waals surface area contributed by atoms with E-state index in [1.54, 1.807) is 12.1 Å². The van der Waals surface area contributed by atoms with E-state index in [9.17, 15) is 4.39 Å². The molecule has 0 saturated carbocycles. The van der Waals surface area contributed by atoms with E-state index in [2.05, 4.69) is 36.7 Å². The molecule has 0 radical (unpaired) electrons. The van der Waals surface area contributed by atoms with Gasteiger partial charge in [0.15, 0.2) is 0 Å². The standard InChI is InChI=1S/C14H21BrFNO/c1-5-12(17)13(14(2,3)4)18-9-6-7-10(15)11(16)8-9/h6-8,12-13H,5,17H2,1-4H3. The van der Waals surface area contributed by atoms with Gasteiger partial charge in [-0.2, -0.15) is 0 Å². The van der Waals surface area contributed by atoms with Crippen molar-refractivity contribution in [3.05, 3.63) is 28.5 Å². The van der Waals surface area contributed by atoms with Crippen molar-refractivity contribution in [3.8, 4) is 5.75 Å². The summed E-state index contributed by atoms with van der Waals surface area (Å²) < 4.78 is 19.8. The quantitative estimate of drug-likeness (QED) is 0.906. The maximum atomic E-state index is 13.5. The van der Waals surface area contributed by atoms with E-state index in [-0.39, 0.29) is 23.4 Å². The first-order valence-electron chi connectivity index (χ1n) is 6.13. The lowest BCUT2D eigenvalue weighted by Gasteiger charge is -2.35. The molecule has 2 N–H and O–H groups in total. The number of halogens is 2. The third-order valence-electron chi connectivity index (χ3n) is 2.87. The molecule has 0 saturated heterocycles. The fourth-order valence-electron chi connectivity index (χ4n) is 1.82. The number of nitrogens with two attached hydrogens (primary N) is 1. The van der Waals surface area contributed by atoms with Crippen molar-refractivity contribution in [2.75, 3.05) is 0 Å². The Bertz CT molecular complexity index is 403. The lowest BCUT2D eigenvalue weighted by molar-refractivity contribution is 0.0618. The Labute approximate surface area is 117 Å². The highest BCUT2D eigenvalue weighted by atomic mass is 79.9. The molecule has 0 aliphatic heterocycles. The second kappa shape index (κ2) is 6.02. The molecule has 1 rings (SSSR count). The van der Waals surface area contributed by atoms with E-state index >= 15 is 0 Å². The summed E-state index contributed by atoms with van der Waals surface area (Å²) in [4.78, 5) is 0. The van der Waals surface area contributed by atoms with E-state index in [4.69, 9.17) is 10.5 Å². The Morgan fingerprint density at radius 2 is 2.00 bits per heavy atom. The van der Waals surface area contributed by atoms with Gasteiger partial charge in [0.05, 0.1) is 4.47 Å². The first-order valence-corrected chi connectivity index (χ1v) is 6.92. The summed E-state index contributed by atoms with van der Waals surface area (Å²) >= 11 is 3.12. The van der Waals surface area contributed by atoms with Crippen LogP contribution in [0.1, 0.15) is 34.1 Å². The summed E-state index contributed by atoms with van der Waals surface area (Å²) in [6.45, 7) is 8.24. The molecule has 0 heterocycles. The van der Waals surface area contributed by atoms with Crippen LogP contribution in [0.3, 0.4) is 0 Å². The molecule has 18 heavy (non-hydrogen) atoms. The largest absolute Gasteiger partial charge is 0.488 e. The summed E-state index contributed by atoms with van der Waals surface area (Å²) in [7, 11) is 0. The first-order chi connectivity index (χ1) is 8.25. The van der Waals surface area contributed by atoms with Crippen LogP contribution >= 0.6 is 15.9 Å². The Balaban J connectivity index is 2.93. The van der Waals surface area contributed by atoms with Gasteiger partial charge in [-0.25, -0.2) is 4.39 Å². The molecule has 102 valence electrons. The van der Waals surface area contributed by atoms with Gasteiger partial charge in [0.2, 0.25) is 0 Å². The van der Waals surface area contributed by atoms with Gasteiger partial charge in [0.1, 0.15) is 17.7 Å². The van der Waals surface area contributed by atoms with Crippen LogP contribution in [0.15, 0.2) is 22.7 Å². The second-order valence-corrected chi connectivity index (χ2v) is 6.41. The van der Waals surface area contributed by atoms with Crippen LogP contribution in [0.5, 0.6) is 5.75 Å².